The number of likely N-dealkylation sites (N-methyl/N-ethyl adjacent to an activating group) is 1. The Morgan fingerprint density at radius 2 is 2.12 bits per heavy atom. The zero-order valence-electron chi connectivity index (χ0n) is 9.53. The van der Waals surface area contributed by atoms with Crippen LogP contribution in [-0.4, -0.2) is 35.6 Å². The summed E-state index contributed by atoms with van der Waals surface area (Å²) in [6.45, 7) is 1.53. The molecule has 17 heavy (non-hydrogen) atoms. The summed E-state index contributed by atoms with van der Waals surface area (Å²) in [6, 6.07) is 5.04. The number of benzene rings is 1. The lowest BCUT2D eigenvalue weighted by Gasteiger charge is -2.16. The third-order valence-electron chi connectivity index (χ3n) is 2.16. The van der Waals surface area contributed by atoms with Gasteiger partial charge >= 0.3 is 12.0 Å². The summed E-state index contributed by atoms with van der Waals surface area (Å²) in [5, 5.41) is 11.2. The van der Waals surface area contributed by atoms with Crippen LogP contribution in [0.5, 0.6) is 0 Å². The van der Waals surface area contributed by atoms with E-state index in [1.807, 2.05) is 19.1 Å². The zero-order valence-corrected chi connectivity index (χ0v) is 11.1. The molecule has 5 nitrogen and oxygen atoms in total. The number of nitrogens with zero attached hydrogens (tertiary/aromatic N) is 1. The van der Waals surface area contributed by atoms with Gasteiger partial charge in [0.25, 0.3) is 0 Å². The quantitative estimate of drug-likeness (QED) is 0.900. The van der Waals surface area contributed by atoms with Gasteiger partial charge in [-0.15, -0.1) is 0 Å². The van der Waals surface area contributed by atoms with E-state index in [2.05, 4.69) is 21.2 Å². The Hall–Kier alpha value is -1.56. The second-order valence-corrected chi connectivity index (χ2v) is 4.55. The molecule has 0 atom stereocenters. The van der Waals surface area contributed by atoms with Gasteiger partial charge in [-0.3, -0.25) is 4.79 Å². The van der Waals surface area contributed by atoms with Crippen LogP contribution in [0.1, 0.15) is 5.56 Å². The molecule has 6 heteroatoms. The Kier molecular flexibility index (Phi) is 4.51. The van der Waals surface area contributed by atoms with Crippen LogP contribution < -0.4 is 5.32 Å². The first-order chi connectivity index (χ1) is 7.90. The maximum absolute atomic E-state index is 11.6. The molecule has 0 heterocycles. The van der Waals surface area contributed by atoms with E-state index in [1.165, 1.54) is 7.05 Å². The van der Waals surface area contributed by atoms with E-state index in [4.69, 9.17) is 5.11 Å². The van der Waals surface area contributed by atoms with Crippen molar-refractivity contribution in [3.05, 3.63) is 28.2 Å². The van der Waals surface area contributed by atoms with E-state index < -0.39 is 12.0 Å². The van der Waals surface area contributed by atoms with Crippen LogP contribution in [0, 0.1) is 6.92 Å². The number of aliphatic carboxylic acids is 1. The van der Waals surface area contributed by atoms with Gasteiger partial charge in [0.2, 0.25) is 0 Å². The molecule has 0 spiro atoms. The summed E-state index contributed by atoms with van der Waals surface area (Å²) in [4.78, 5) is 23.2. The van der Waals surface area contributed by atoms with Crippen LogP contribution in [0.25, 0.3) is 0 Å². The molecule has 0 bridgehead atoms. The highest BCUT2D eigenvalue weighted by Gasteiger charge is 2.12. The number of carbonyl (C=O) groups is 2. The molecule has 0 aliphatic rings. The molecule has 1 rings (SSSR count). The second kappa shape index (κ2) is 5.67. The highest BCUT2D eigenvalue weighted by molar-refractivity contribution is 9.10. The number of amides is 2. The van der Waals surface area contributed by atoms with Crippen molar-refractivity contribution in [3.8, 4) is 0 Å². The van der Waals surface area contributed by atoms with Crippen molar-refractivity contribution >= 4 is 33.6 Å². The molecule has 2 N–H and O–H groups in total. The summed E-state index contributed by atoms with van der Waals surface area (Å²) >= 11 is 3.30. The topological polar surface area (TPSA) is 69.6 Å². The molecule has 92 valence electrons. The van der Waals surface area contributed by atoms with Gasteiger partial charge in [0.05, 0.1) is 0 Å². The summed E-state index contributed by atoms with van der Waals surface area (Å²) in [5.41, 5.74) is 1.56. The maximum atomic E-state index is 11.6. The minimum atomic E-state index is -1.05. The fraction of sp³-hybridized carbons (Fsp3) is 0.273. The van der Waals surface area contributed by atoms with E-state index in [0.29, 0.717) is 5.69 Å². The molecule has 0 saturated heterocycles. The predicted octanol–water partition coefficient (Wildman–Crippen LogP) is 2.31. The molecule has 0 aliphatic carbocycles. The number of carboxylic acid groups (broad SMARTS) is 1. The fourth-order valence-corrected chi connectivity index (χ4v) is 1.58. The first-order valence-electron chi connectivity index (χ1n) is 4.90. The van der Waals surface area contributed by atoms with Gasteiger partial charge in [0.15, 0.2) is 0 Å². The molecule has 0 aromatic heterocycles. The number of hydrogen-bond acceptors (Lipinski definition) is 2. The minimum absolute atomic E-state index is 0.334. The van der Waals surface area contributed by atoms with Crippen LogP contribution in [0.2, 0.25) is 0 Å². The number of halogens is 1. The first kappa shape index (κ1) is 13.5. The average Bonchev–Trinajstić information content (AvgIpc) is 2.22. The zero-order chi connectivity index (χ0) is 13.0. The highest BCUT2D eigenvalue weighted by Crippen LogP contribution is 2.20. The fourth-order valence-electron chi connectivity index (χ4n) is 1.21. The lowest BCUT2D eigenvalue weighted by Crippen LogP contribution is -2.35. The Bertz CT molecular complexity index is 448. The highest BCUT2D eigenvalue weighted by atomic mass is 79.9. The number of rotatable bonds is 3. The summed E-state index contributed by atoms with van der Waals surface area (Å²) < 4.78 is 0.847. The van der Waals surface area contributed by atoms with Gasteiger partial charge in [-0.25, -0.2) is 4.79 Å². The Morgan fingerprint density at radius 1 is 1.47 bits per heavy atom. The summed E-state index contributed by atoms with van der Waals surface area (Å²) in [5.74, 6) is -1.05. The van der Waals surface area contributed by atoms with E-state index in [1.54, 1.807) is 6.07 Å². The third-order valence-corrected chi connectivity index (χ3v) is 2.65. The monoisotopic (exact) mass is 300 g/mol. The van der Waals surface area contributed by atoms with E-state index in [0.717, 1.165) is 14.9 Å². The Balaban J connectivity index is 2.73. The largest absolute Gasteiger partial charge is 0.480 e. The van der Waals surface area contributed by atoms with Gasteiger partial charge in [0.1, 0.15) is 6.54 Å². The number of hydrogen-bond donors (Lipinski definition) is 2. The second-order valence-electron chi connectivity index (χ2n) is 3.64. The van der Waals surface area contributed by atoms with E-state index in [9.17, 15) is 9.59 Å². The SMILES string of the molecule is Cc1ccc(Br)cc1NC(=O)N(C)CC(=O)O. The van der Waals surface area contributed by atoms with Crippen molar-refractivity contribution in [1.82, 2.24) is 4.90 Å². The molecular formula is C11H13BrN2O3. The Morgan fingerprint density at radius 3 is 2.71 bits per heavy atom. The van der Waals surface area contributed by atoms with E-state index in [-0.39, 0.29) is 6.54 Å². The van der Waals surface area contributed by atoms with Crippen molar-refractivity contribution in [1.29, 1.82) is 0 Å². The van der Waals surface area contributed by atoms with Gasteiger partial charge in [-0.2, -0.15) is 0 Å². The molecule has 0 fully saturated rings. The lowest BCUT2D eigenvalue weighted by atomic mass is 10.2. The molecule has 0 unspecified atom stereocenters. The van der Waals surface area contributed by atoms with Gasteiger partial charge in [-0.05, 0) is 24.6 Å². The predicted molar refractivity (Wildman–Crippen MR) is 68.2 cm³/mol. The van der Waals surface area contributed by atoms with Crippen molar-refractivity contribution in [2.75, 3.05) is 18.9 Å². The molecule has 0 aliphatic heterocycles. The number of anilines is 1. The van der Waals surface area contributed by atoms with Crippen LogP contribution in [0.4, 0.5) is 10.5 Å². The number of aryl methyl sites for hydroxylation is 1. The molecular weight excluding hydrogens is 288 g/mol. The van der Waals surface area contributed by atoms with Crippen LogP contribution in [0.15, 0.2) is 22.7 Å². The normalized spacial score (nSPS) is 9.82. The van der Waals surface area contributed by atoms with Crippen LogP contribution >= 0.6 is 15.9 Å². The lowest BCUT2D eigenvalue weighted by molar-refractivity contribution is -0.137. The molecule has 2 amide bonds. The van der Waals surface area contributed by atoms with Crippen LogP contribution in [0.3, 0.4) is 0 Å². The standard InChI is InChI=1S/C11H13BrN2O3/c1-7-3-4-8(12)5-9(7)13-11(17)14(2)6-10(15)16/h3-5H,6H2,1-2H3,(H,13,17)(H,15,16). The van der Waals surface area contributed by atoms with Crippen molar-refractivity contribution in [3.63, 3.8) is 0 Å². The van der Waals surface area contributed by atoms with Crippen molar-refractivity contribution in [2.24, 2.45) is 0 Å². The van der Waals surface area contributed by atoms with Crippen LogP contribution in [-0.2, 0) is 4.79 Å². The molecule has 0 radical (unpaired) electrons. The number of carbonyl (C=O) groups excluding carboxylic acids is 1. The smallest absolute Gasteiger partial charge is 0.323 e. The number of carboxylic acids is 1. The van der Waals surface area contributed by atoms with E-state index >= 15 is 0 Å². The van der Waals surface area contributed by atoms with Crippen molar-refractivity contribution in [2.45, 2.75) is 6.92 Å². The first-order valence-corrected chi connectivity index (χ1v) is 5.69. The number of nitrogens with one attached hydrogen (secondary N) is 1. The van der Waals surface area contributed by atoms with Gasteiger partial charge in [-0.1, -0.05) is 22.0 Å². The summed E-state index contributed by atoms with van der Waals surface area (Å²) in [7, 11) is 1.43. The van der Waals surface area contributed by atoms with Crippen molar-refractivity contribution < 1.29 is 14.7 Å². The third kappa shape index (κ3) is 4.07. The van der Waals surface area contributed by atoms with Gasteiger partial charge in [0, 0.05) is 17.2 Å². The molecule has 1 aromatic rings. The number of urea groups is 1. The summed E-state index contributed by atoms with van der Waals surface area (Å²) in [6.07, 6.45) is 0. The Labute approximate surface area is 108 Å². The minimum Gasteiger partial charge on any atom is -0.480 e. The maximum Gasteiger partial charge on any atom is 0.323 e. The van der Waals surface area contributed by atoms with Gasteiger partial charge < -0.3 is 15.3 Å². The molecule has 1 aromatic carbocycles. The average molecular weight is 301 g/mol. The molecule has 0 saturated carbocycles.